The van der Waals surface area contributed by atoms with Crippen LogP contribution in [0.5, 0.6) is 0 Å². The van der Waals surface area contributed by atoms with Crippen LogP contribution >= 0.6 is 23.2 Å². The number of sulfonamides is 1. The van der Waals surface area contributed by atoms with Crippen molar-refractivity contribution in [3.05, 3.63) is 63.4 Å². The number of Topliss-reactive ketones (excluding diaryl/α,β-unsaturated/α-hetero) is 1. The summed E-state index contributed by atoms with van der Waals surface area (Å²) < 4.78 is 42.6. The molecule has 228 valence electrons. The number of fused-ring (bicyclic) bond motifs is 2. The summed E-state index contributed by atoms with van der Waals surface area (Å²) in [5.74, 6) is -2.06. The van der Waals surface area contributed by atoms with Gasteiger partial charge in [-0.2, -0.15) is 0 Å². The maximum absolute atomic E-state index is 15.9. The third kappa shape index (κ3) is 5.75. The average molecular weight is 639 g/mol. The number of ketones is 1. The Balaban J connectivity index is 1.61. The second-order valence-corrected chi connectivity index (χ2v) is 16.4. The van der Waals surface area contributed by atoms with E-state index in [1.165, 1.54) is 6.07 Å². The number of nitrogens with one attached hydrogen (secondary N) is 3. The summed E-state index contributed by atoms with van der Waals surface area (Å²) in [7, 11) is -3.42. The van der Waals surface area contributed by atoms with E-state index in [4.69, 9.17) is 23.2 Å². The molecule has 3 aliphatic rings. The van der Waals surface area contributed by atoms with Crippen LogP contribution in [0, 0.1) is 17.2 Å². The Kier molecular flexibility index (Phi) is 8.10. The SMILES string of the molecule is CC(C)(C)C[C@H]1N[C@@H](C(=O)CC2CC[C@@](C)(NS(C)(=O)=O)C2)[C@H](c2cccc(Cl)c2F)[C@@]12C(=O)Nc1cc(Cl)ccc12. The van der Waals surface area contributed by atoms with Gasteiger partial charge in [0, 0.05) is 34.6 Å². The molecule has 1 amide bonds. The van der Waals surface area contributed by atoms with Gasteiger partial charge in [0.15, 0.2) is 5.78 Å². The van der Waals surface area contributed by atoms with E-state index in [-0.39, 0.29) is 40.0 Å². The molecule has 6 atom stereocenters. The summed E-state index contributed by atoms with van der Waals surface area (Å²) in [5, 5.41) is 6.89. The van der Waals surface area contributed by atoms with Gasteiger partial charge in [0.05, 0.1) is 17.3 Å². The number of anilines is 1. The molecule has 1 aliphatic carbocycles. The smallest absolute Gasteiger partial charge is 0.237 e. The number of carbonyl (C=O) groups is 2. The lowest BCUT2D eigenvalue weighted by Gasteiger charge is -2.37. The van der Waals surface area contributed by atoms with E-state index in [0.29, 0.717) is 42.0 Å². The van der Waals surface area contributed by atoms with Gasteiger partial charge in [0.2, 0.25) is 15.9 Å². The molecule has 5 rings (SSSR count). The first-order valence-electron chi connectivity index (χ1n) is 14.3. The average Bonchev–Trinajstić information content (AvgIpc) is 3.46. The van der Waals surface area contributed by atoms with Crippen LogP contribution in [0.15, 0.2) is 36.4 Å². The Morgan fingerprint density at radius 3 is 2.57 bits per heavy atom. The molecule has 2 heterocycles. The van der Waals surface area contributed by atoms with E-state index in [2.05, 4.69) is 36.1 Å². The number of carbonyl (C=O) groups excluding carboxylic acids is 2. The third-order valence-electron chi connectivity index (χ3n) is 9.05. The Hall–Kier alpha value is -2.04. The summed E-state index contributed by atoms with van der Waals surface area (Å²) in [6.07, 6.45) is 3.63. The minimum atomic E-state index is -3.42. The van der Waals surface area contributed by atoms with Gasteiger partial charge in [-0.3, -0.25) is 9.59 Å². The van der Waals surface area contributed by atoms with Gasteiger partial charge in [0.1, 0.15) is 11.2 Å². The molecular weight excluding hydrogens is 600 g/mol. The van der Waals surface area contributed by atoms with Gasteiger partial charge in [-0.25, -0.2) is 17.5 Å². The van der Waals surface area contributed by atoms with Crippen LogP contribution in [0.2, 0.25) is 10.0 Å². The van der Waals surface area contributed by atoms with E-state index in [9.17, 15) is 18.0 Å². The zero-order valence-electron chi connectivity index (χ0n) is 24.5. The first kappa shape index (κ1) is 31.4. The maximum atomic E-state index is 15.9. The highest BCUT2D eigenvalue weighted by molar-refractivity contribution is 7.88. The highest BCUT2D eigenvalue weighted by atomic mass is 35.5. The molecule has 42 heavy (non-hydrogen) atoms. The molecule has 2 aromatic rings. The van der Waals surface area contributed by atoms with Crippen molar-refractivity contribution in [2.45, 2.75) is 88.8 Å². The Labute approximate surface area is 257 Å². The lowest BCUT2D eigenvalue weighted by Crippen LogP contribution is -2.49. The minimum Gasteiger partial charge on any atom is -0.325 e. The van der Waals surface area contributed by atoms with Gasteiger partial charge >= 0.3 is 0 Å². The Morgan fingerprint density at radius 2 is 1.90 bits per heavy atom. The van der Waals surface area contributed by atoms with Crippen molar-refractivity contribution in [2.75, 3.05) is 11.6 Å². The van der Waals surface area contributed by atoms with Crippen molar-refractivity contribution in [2.24, 2.45) is 11.3 Å². The quantitative estimate of drug-likeness (QED) is 0.348. The van der Waals surface area contributed by atoms with Crippen LogP contribution in [-0.2, 0) is 25.0 Å². The molecule has 1 unspecified atom stereocenters. The van der Waals surface area contributed by atoms with Crippen LogP contribution in [0.3, 0.4) is 0 Å². The molecule has 2 aliphatic heterocycles. The topological polar surface area (TPSA) is 104 Å². The van der Waals surface area contributed by atoms with Crippen LogP contribution in [0.25, 0.3) is 0 Å². The van der Waals surface area contributed by atoms with Crippen molar-refractivity contribution in [3.63, 3.8) is 0 Å². The molecule has 0 bridgehead atoms. The molecule has 2 fully saturated rings. The van der Waals surface area contributed by atoms with Crippen molar-refractivity contribution in [3.8, 4) is 0 Å². The van der Waals surface area contributed by atoms with Gasteiger partial charge in [-0.05, 0) is 73.3 Å². The van der Waals surface area contributed by atoms with Crippen molar-refractivity contribution < 1.29 is 22.4 Å². The van der Waals surface area contributed by atoms with Crippen LogP contribution in [0.4, 0.5) is 10.1 Å². The van der Waals surface area contributed by atoms with Gasteiger partial charge < -0.3 is 10.6 Å². The fourth-order valence-corrected chi connectivity index (χ4v) is 9.13. The number of rotatable bonds is 7. The summed E-state index contributed by atoms with van der Waals surface area (Å²) >= 11 is 12.6. The van der Waals surface area contributed by atoms with Crippen LogP contribution < -0.4 is 15.4 Å². The summed E-state index contributed by atoms with van der Waals surface area (Å²) in [6, 6.07) is 8.52. The number of hydrogen-bond donors (Lipinski definition) is 3. The maximum Gasteiger partial charge on any atom is 0.237 e. The fourth-order valence-electron chi connectivity index (χ4n) is 7.69. The monoisotopic (exact) mass is 637 g/mol. The zero-order chi connectivity index (χ0) is 30.8. The Morgan fingerprint density at radius 1 is 1.19 bits per heavy atom. The molecule has 0 radical (unpaired) electrons. The zero-order valence-corrected chi connectivity index (χ0v) is 26.8. The van der Waals surface area contributed by atoms with Gasteiger partial charge in [-0.15, -0.1) is 0 Å². The standard InChI is InChI=1S/C31H38Cl2FN3O4S/c1-29(2,3)16-24-31(20-10-9-18(32)14-22(20)35-28(31)39)25(19-7-6-8-21(33)26(19)34)27(36-24)23(38)13-17-11-12-30(4,15-17)37-42(5,40)41/h6-10,14,17,24-25,27,36-37H,11-13,15-16H2,1-5H3,(H,35,39)/t17?,24-,25+,27+,30-,31+/m1/s1. The van der Waals surface area contributed by atoms with Crippen LogP contribution in [-0.4, -0.2) is 44.0 Å². The number of benzene rings is 2. The molecule has 0 aromatic heterocycles. The lowest BCUT2D eigenvalue weighted by molar-refractivity contribution is -0.123. The largest absolute Gasteiger partial charge is 0.325 e. The first-order chi connectivity index (χ1) is 19.4. The van der Waals surface area contributed by atoms with E-state index in [0.717, 1.165) is 6.26 Å². The molecule has 7 nitrogen and oxygen atoms in total. The normalized spacial score (nSPS) is 31.0. The second kappa shape index (κ2) is 10.8. The first-order valence-corrected chi connectivity index (χ1v) is 16.9. The highest BCUT2D eigenvalue weighted by Crippen LogP contribution is 2.57. The second-order valence-electron chi connectivity index (χ2n) is 13.8. The summed E-state index contributed by atoms with van der Waals surface area (Å²) in [4.78, 5) is 28.5. The van der Waals surface area contributed by atoms with E-state index in [1.807, 2.05) is 6.92 Å². The number of amides is 1. The van der Waals surface area contributed by atoms with E-state index < -0.39 is 44.8 Å². The predicted octanol–water partition coefficient (Wildman–Crippen LogP) is 5.95. The van der Waals surface area contributed by atoms with Crippen molar-refractivity contribution >= 4 is 50.6 Å². The minimum absolute atomic E-state index is 0.0653. The molecule has 1 saturated carbocycles. The van der Waals surface area contributed by atoms with Crippen molar-refractivity contribution in [1.82, 2.24) is 10.0 Å². The predicted molar refractivity (Wildman–Crippen MR) is 164 cm³/mol. The Bertz CT molecular complexity index is 1550. The highest BCUT2D eigenvalue weighted by Gasteiger charge is 2.66. The molecule has 11 heteroatoms. The van der Waals surface area contributed by atoms with Gasteiger partial charge in [0.25, 0.3) is 0 Å². The molecule has 3 N–H and O–H groups in total. The summed E-state index contributed by atoms with van der Waals surface area (Å²) in [6.45, 7) is 8.05. The molecular formula is C31H38Cl2FN3O4S. The van der Waals surface area contributed by atoms with Crippen LogP contribution in [0.1, 0.15) is 76.8 Å². The summed E-state index contributed by atoms with van der Waals surface area (Å²) in [5.41, 5.74) is -0.755. The third-order valence-corrected chi connectivity index (χ3v) is 10.4. The van der Waals surface area contributed by atoms with E-state index in [1.54, 1.807) is 30.3 Å². The number of hydrogen-bond acceptors (Lipinski definition) is 5. The molecule has 1 spiro atoms. The van der Waals surface area contributed by atoms with Gasteiger partial charge in [-0.1, -0.05) is 62.2 Å². The van der Waals surface area contributed by atoms with E-state index >= 15 is 4.39 Å². The fraction of sp³-hybridized carbons (Fsp3) is 0.548. The number of halogens is 3. The molecule has 2 aromatic carbocycles. The lowest BCUT2D eigenvalue weighted by atomic mass is 9.62. The molecule has 1 saturated heterocycles. The van der Waals surface area contributed by atoms with Crippen molar-refractivity contribution in [1.29, 1.82) is 0 Å².